The summed E-state index contributed by atoms with van der Waals surface area (Å²) in [4.78, 5) is 23.3. The van der Waals surface area contributed by atoms with Gasteiger partial charge in [0, 0.05) is 38.4 Å². The molecule has 0 aromatic carbocycles. The zero-order chi connectivity index (χ0) is 19.7. The summed E-state index contributed by atoms with van der Waals surface area (Å²) in [6.45, 7) is 10.3. The number of amides is 1. The molecule has 0 spiro atoms. The molecular weight excluding hydrogens is 358 g/mol. The highest BCUT2D eigenvalue weighted by atomic mass is 16.6. The first kappa shape index (κ1) is 19.0. The molecule has 3 aliphatic rings. The van der Waals surface area contributed by atoms with Gasteiger partial charge in [0.1, 0.15) is 18.0 Å². The Balaban J connectivity index is 1.41. The highest BCUT2D eigenvalue weighted by Gasteiger charge is 2.48. The Bertz CT molecular complexity index is 787. The fourth-order valence-corrected chi connectivity index (χ4v) is 4.41. The largest absolute Gasteiger partial charge is 0.442 e. The number of hydrogen-bond donors (Lipinski definition) is 0. The quantitative estimate of drug-likeness (QED) is 0.756. The van der Waals surface area contributed by atoms with Gasteiger partial charge < -0.3 is 14.4 Å². The van der Waals surface area contributed by atoms with E-state index in [1.165, 1.54) is 0 Å². The molecule has 28 heavy (non-hydrogen) atoms. The third kappa shape index (κ3) is 3.64. The molecule has 1 aromatic rings. The molecule has 3 fully saturated rings. The van der Waals surface area contributed by atoms with E-state index in [1.807, 2.05) is 24.8 Å². The normalized spacial score (nSPS) is 25.0. The third-order valence-electron chi connectivity index (χ3n) is 5.84. The van der Waals surface area contributed by atoms with E-state index in [4.69, 9.17) is 9.47 Å². The molecule has 0 bridgehead atoms. The van der Waals surface area contributed by atoms with Crippen molar-refractivity contribution < 1.29 is 14.3 Å². The first-order chi connectivity index (χ1) is 13.6. The van der Waals surface area contributed by atoms with Crippen LogP contribution >= 0.6 is 0 Å². The highest BCUT2D eigenvalue weighted by molar-refractivity contribution is 5.72. The molecule has 8 nitrogen and oxygen atoms in total. The molecule has 1 amide bonds. The molecule has 4 heterocycles. The second kappa shape index (κ2) is 7.94. The van der Waals surface area contributed by atoms with Crippen molar-refractivity contribution >= 4 is 11.9 Å². The fraction of sp³-hybridized carbons (Fsp3) is 0.650. The number of rotatable bonds is 5. The maximum Gasteiger partial charge on any atom is 0.410 e. The molecule has 150 valence electrons. The number of aryl methyl sites for hydroxylation is 2. The summed E-state index contributed by atoms with van der Waals surface area (Å²) in [5.41, 5.74) is 2.43. The highest BCUT2D eigenvalue weighted by Crippen LogP contribution is 2.32. The van der Waals surface area contributed by atoms with Crippen molar-refractivity contribution in [2.45, 2.75) is 32.4 Å². The monoisotopic (exact) mass is 385 g/mol. The maximum atomic E-state index is 12.3. The molecule has 3 aliphatic heterocycles. The van der Waals surface area contributed by atoms with Crippen LogP contribution in [0.1, 0.15) is 23.2 Å². The maximum absolute atomic E-state index is 12.3. The molecule has 1 aromatic heterocycles. The van der Waals surface area contributed by atoms with Gasteiger partial charge in [0.2, 0.25) is 0 Å². The topological polar surface area (TPSA) is 81.9 Å². The average Bonchev–Trinajstić information content (AvgIpc) is 3.20. The van der Waals surface area contributed by atoms with E-state index in [1.54, 1.807) is 0 Å². The van der Waals surface area contributed by atoms with Crippen LogP contribution in [0.2, 0.25) is 0 Å². The number of carbonyl (C=O) groups is 1. The number of morpholine rings is 1. The van der Waals surface area contributed by atoms with Crippen LogP contribution in [0.5, 0.6) is 0 Å². The second-order valence-electron chi connectivity index (χ2n) is 7.79. The lowest BCUT2D eigenvalue weighted by Crippen LogP contribution is -2.41. The summed E-state index contributed by atoms with van der Waals surface area (Å²) >= 11 is 0. The lowest BCUT2D eigenvalue weighted by atomic mass is 10.1. The first-order valence-electron chi connectivity index (χ1n) is 9.97. The SMILES string of the molecule is Cc1cc(C)c(C#N)c(N2C[C@H]3OC(=O)N(CCCN4CCOCC4)[C@H]3C2)n1. The third-order valence-corrected chi connectivity index (χ3v) is 5.84. The second-order valence-corrected chi connectivity index (χ2v) is 7.79. The van der Waals surface area contributed by atoms with Gasteiger partial charge in [-0.25, -0.2) is 9.78 Å². The average molecular weight is 385 g/mol. The van der Waals surface area contributed by atoms with Gasteiger partial charge >= 0.3 is 6.09 Å². The molecule has 3 saturated heterocycles. The smallest absolute Gasteiger partial charge is 0.410 e. The van der Waals surface area contributed by atoms with Crippen LogP contribution in [0.4, 0.5) is 10.6 Å². The van der Waals surface area contributed by atoms with Gasteiger partial charge in [-0.3, -0.25) is 9.80 Å². The van der Waals surface area contributed by atoms with Crippen molar-refractivity contribution in [3.63, 3.8) is 0 Å². The number of aromatic nitrogens is 1. The lowest BCUT2D eigenvalue weighted by Gasteiger charge is -2.28. The van der Waals surface area contributed by atoms with Gasteiger partial charge in [0.25, 0.3) is 0 Å². The molecule has 0 saturated carbocycles. The van der Waals surface area contributed by atoms with E-state index in [2.05, 4.69) is 20.9 Å². The van der Waals surface area contributed by atoms with Crippen molar-refractivity contribution in [2.24, 2.45) is 0 Å². The number of carbonyl (C=O) groups excluding carboxylic acids is 1. The summed E-state index contributed by atoms with van der Waals surface area (Å²) in [5, 5.41) is 9.56. The van der Waals surface area contributed by atoms with Crippen LogP contribution in [0, 0.1) is 25.2 Å². The molecule has 8 heteroatoms. The predicted molar refractivity (Wildman–Crippen MR) is 103 cm³/mol. The zero-order valence-corrected chi connectivity index (χ0v) is 16.6. The minimum Gasteiger partial charge on any atom is -0.442 e. The van der Waals surface area contributed by atoms with E-state index >= 15 is 0 Å². The standard InChI is InChI=1S/C20H27N5O3/c1-14-10-15(2)22-19(16(14)11-21)24-12-17-18(13-24)28-20(26)25(17)5-3-4-23-6-8-27-9-7-23/h10,17-18H,3-9,12-13H2,1-2H3/t17-,18+/m0/s1. The Hall–Kier alpha value is -2.37. The Kier molecular flexibility index (Phi) is 5.38. The van der Waals surface area contributed by atoms with Crippen molar-refractivity contribution in [2.75, 3.05) is 57.4 Å². The lowest BCUT2D eigenvalue weighted by molar-refractivity contribution is 0.0363. The van der Waals surface area contributed by atoms with Crippen LogP contribution in [0.25, 0.3) is 0 Å². The summed E-state index contributed by atoms with van der Waals surface area (Å²) in [7, 11) is 0. The Morgan fingerprint density at radius 3 is 2.79 bits per heavy atom. The number of hydrogen-bond acceptors (Lipinski definition) is 7. The minimum absolute atomic E-state index is 0.0198. The van der Waals surface area contributed by atoms with Gasteiger partial charge in [-0.05, 0) is 31.9 Å². The summed E-state index contributed by atoms with van der Waals surface area (Å²) in [6, 6.07) is 4.23. The number of ether oxygens (including phenoxy) is 2. The van der Waals surface area contributed by atoms with E-state index in [0.29, 0.717) is 31.0 Å². The molecule has 0 N–H and O–H groups in total. The number of pyridine rings is 1. The van der Waals surface area contributed by atoms with Crippen LogP contribution in [-0.4, -0.2) is 85.5 Å². The van der Waals surface area contributed by atoms with Crippen LogP contribution < -0.4 is 4.90 Å². The molecule has 4 rings (SSSR count). The summed E-state index contributed by atoms with van der Waals surface area (Å²) in [6.07, 6.45) is 0.541. The van der Waals surface area contributed by atoms with Crippen molar-refractivity contribution in [3.05, 3.63) is 22.9 Å². The molecular formula is C20H27N5O3. The van der Waals surface area contributed by atoms with Crippen LogP contribution in [0.3, 0.4) is 0 Å². The first-order valence-corrected chi connectivity index (χ1v) is 9.97. The van der Waals surface area contributed by atoms with Gasteiger partial charge in [-0.2, -0.15) is 5.26 Å². The van der Waals surface area contributed by atoms with Gasteiger partial charge in [0.15, 0.2) is 0 Å². The van der Waals surface area contributed by atoms with Gasteiger partial charge in [-0.15, -0.1) is 0 Å². The number of nitriles is 1. The number of anilines is 1. The van der Waals surface area contributed by atoms with Gasteiger partial charge in [-0.1, -0.05) is 0 Å². The van der Waals surface area contributed by atoms with E-state index in [0.717, 1.165) is 50.5 Å². The predicted octanol–water partition coefficient (Wildman–Crippen LogP) is 1.30. The number of nitrogens with zero attached hydrogens (tertiary/aromatic N) is 5. The minimum atomic E-state index is -0.217. The molecule has 0 aliphatic carbocycles. The van der Waals surface area contributed by atoms with Crippen molar-refractivity contribution in [3.8, 4) is 6.07 Å². The molecule has 0 radical (unpaired) electrons. The Morgan fingerprint density at radius 2 is 2.04 bits per heavy atom. The molecule has 0 unspecified atom stereocenters. The van der Waals surface area contributed by atoms with Gasteiger partial charge in [0.05, 0.1) is 31.4 Å². The number of fused-ring (bicyclic) bond motifs is 1. The Morgan fingerprint density at radius 1 is 1.25 bits per heavy atom. The van der Waals surface area contributed by atoms with E-state index in [-0.39, 0.29) is 18.2 Å². The van der Waals surface area contributed by atoms with Crippen molar-refractivity contribution in [1.82, 2.24) is 14.8 Å². The fourth-order valence-electron chi connectivity index (χ4n) is 4.41. The zero-order valence-electron chi connectivity index (χ0n) is 16.6. The summed E-state index contributed by atoms with van der Waals surface area (Å²) in [5.74, 6) is 0.707. The Labute approximate surface area is 165 Å². The van der Waals surface area contributed by atoms with E-state index < -0.39 is 0 Å². The van der Waals surface area contributed by atoms with Crippen molar-refractivity contribution in [1.29, 1.82) is 5.26 Å². The summed E-state index contributed by atoms with van der Waals surface area (Å²) < 4.78 is 11.0. The molecule has 2 atom stereocenters. The van der Waals surface area contributed by atoms with Crippen LogP contribution in [-0.2, 0) is 9.47 Å². The van der Waals surface area contributed by atoms with Crippen LogP contribution in [0.15, 0.2) is 6.07 Å². The van der Waals surface area contributed by atoms with E-state index in [9.17, 15) is 10.1 Å².